The molecule has 5 nitrogen and oxygen atoms in total. The first kappa shape index (κ1) is 14.1. The first-order chi connectivity index (χ1) is 8.88. The van der Waals surface area contributed by atoms with Crippen molar-refractivity contribution in [3.05, 3.63) is 12.4 Å². The van der Waals surface area contributed by atoms with Crippen LogP contribution < -0.4 is 15.5 Å². The fourth-order valence-electron chi connectivity index (χ4n) is 2.17. The van der Waals surface area contributed by atoms with Gasteiger partial charge in [0.25, 0.3) is 0 Å². The van der Waals surface area contributed by atoms with Gasteiger partial charge in [0.05, 0.1) is 0 Å². The highest BCUT2D eigenvalue weighted by Crippen LogP contribution is 2.24. The lowest BCUT2D eigenvalue weighted by Crippen LogP contribution is -2.41. The van der Waals surface area contributed by atoms with E-state index in [9.17, 15) is 0 Å². The monoisotopic (exact) mass is 263 g/mol. The Morgan fingerprint density at radius 3 is 2.47 bits per heavy atom. The maximum absolute atomic E-state index is 5.94. The van der Waals surface area contributed by atoms with E-state index in [-0.39, 0.29) is 5.54 Å². The molecule has 19 heavy (non-hydrogen) atoms. The van der Waals surface area contributed by atoms with Gasteiger partial charge in [0.15, 0.2) is 0 Å². The van der Waals surface area contributed by atoms with E-state index in [0.29, 0.717) is 6.04 Å². The zero-order valence-electron chi connectivity index (χ0n) is 12.4. The molecule has 0 radical (unpaired) electrons. The number of aromatic nitrogens is 2. The van der Waals surface area contributed by atoms with E-state index in [2.05, 4.69) is 53.7 Å². The molecular weight excluding hydrogens is 238 g/mol. The van der Waals surface area contributed by atoms with Gasteiger partial charge in [0.1, 0.15) is 18.0 Å². The van der Waals surface area contributed by atoms with Crippen LogP contribution in [0.25, 0.3) is 0 Å². The van der Waals surface area contributed by atoms with Gasteiger partial charge < -0.3 is 15.5 Å². The van der Waals surface area contributed by atoms with Crippen molar-refractivity contribution >= 4 is 11.6 Å². The second-order valence-corrected chi connectivity index (χ2v) is 6.29. The van der Waals surface area contributed by atoms with Crippen LogP contribution in [0.5, 0.6) is 0 Å². The lowest BCUT2D eigenvalue weighted by Gasteiger charge is -2.34. The molecule has 0 amide bonds. The Bertz CT molecular complexity index is 418. The van der Waals surface area contributed by atoms with Crippen molar-refractivity contribution < 1.29 is 0 Å². The maximum Gasteiger partial charge on any atom is 0.134 e. The smallest absolute Gasteiger partial charge is 0.134 e. The molecule has 0 atom stereocenters. The summed E-state index contributed by atoms with van der Waals surface area (Å²) in [5, 5.41) is 0. The second kappa shape index (κ2) is 5.33. The quantitative estimate of drug-likeness (QED) is 0.879. The van der Waals surface area contributed by atoms with Crippen LogP contribution in [-0.4, -0.2) is 41.7 Å². The molecule has 2 rings (SSSR count). The summed E-state index contributed by atoms with van der Waals surface area (Å²) in [6.45, 7) is 8.49. The van der Waals surface area contributed by atoms with E-state index in [1.807, 2.05) is 0 Å². The molecule has 2 N–H and O–H groups in total. The molecule has 2 heterocycles. The summed E-state index contributed by atoms with van der Waals surface area (Å²) in [6, 6.07) is 2.41. The van der Waals surface area contributed by atoms with Crippen molar-refractivity contribution in [3.8, 4) is 0 Å². The lowest BCUT2D eigenvalue weighted by atomic mass is 10.1. The molecule has 0 bridgehead atoms. The number of hydrogen-bond donors (Lipinski definition) is 1. The molecule has 0 unspecified atom stereocenters. The third-order valence-corrected chi connectivity index (χ3v) is 3.85. The highest BCUT2D eigenvalue weighted by molar-refractivity contribution is 5.51. The Balaban J connectivity index is 2.15. The maximum atomic E-state index is 5.94. The number of hydrogen-bond acceptors (Lipinski definition) is 5. The SMILES string of the molecule is CN(c1cc(N2CCC(N)CC2)ncn1)C(C)(C)C. The van der Waals surface area contributed by atoms with Gasteiger partial charge in [-0.1, -0.05) is 0 Å². The highest BCUT2D eigenvalue weighted by Gasteiger charge is 2.21. The first-order valence-corrected chi connectivity index (χ1v) is 6.94. The van der Waals surface area contributed by atoms with Gasteiger partial charge in [-0.3, -0.25) is 0 Å². The van der Waals surface area contributed by atoms with Crippen LogP contribution in [0.15, 0.2) is 12.4 Å². The summed E-state index contributed by atoms with van der Waals surface area (Å²) >= 11 is 0. The van der Waals surface area contributed by atoms with Crippen LogP contribution in [-0.2, 0) is 0 Å². The van der Waals surface area contributed by atoms with Crippen LogP contribution in [0.4, 0.5) is 11.6 Å². The first-order valence-electron chi connectivity index (χ1n) is 6.94. The van der Waals surface area contributed by atoms with Crippen LogP contribution in [0.2, 0.25) is 0 Å². The van der Waals surface area contributed by atoms with E-state index in [1.165, 1.54) is 0 Å². The predicted octanol–water partition coefficient (Wildman–Crippen LogP) is 1.64. The van der Waals surface area contributed by atoms with E-state index in [0.717, 1.165) is 37.6 Å². The number of nitrogens with two attached hydrogens (primary N) is 1. The standard InChI is InChI=1S/C14H25N5/c1-14(2,3)18(4)12-9-13(17-10-16-12)19-7-5-11(15)6-8-19/h9-11H,5-8,15H2,1-4H3. The molecule has 1 aromatic heterocycles. The van der Waals surface area contributed by atoms with E-state index in [1.54, 1.807) is 6.33 Å². The molecule has 5 heteroatoms. The third-order valence-electron chi connectivity index (χ3n) is 3.85. The van der Waals surface area contributed by atoms with Crippen molar-refractivity contribution in [2.45, 2.75) is 45.2 Å². The lowest BCUT2D eigenvalue weighted by molar-refractivity contribution is 0.498. The second-order valence-electron chi connectivity index (χ2n) is 6.29. The van der Waals surface area contributed by atoms with Crippen molar-refractivity contribution in [3.63, 3.8) is 0 Å². The minimum absolute atomic E-state index is 0.0515. The molecule has 1 fully saturated rings. The molecule has 0 spiro atoms. The Morgan fingerprint density at radius 2 is 1.89 bits per heavy atom. The van der Waals surface area contributed by atoms with Gasteiger partial charge in [0.2, 0.25) is 0 Å². The van der Waals surface area contributed by atoms with Crippen molar-refractivity contribution in [2.75, 3.05) is 29.9 Å². The summed E-state index contributed by atoms with van der Waals surface area (Å²) < 4.78 is 0. The molecule has 106 valence electrons. The summed E-state index contributed by atoms with van der Waals surface area (Å²) in [6.07, 6.45) is 3.73. The van der Waals surface area contributed by atoms with E-state index in [4.69, 9.17) is 5.73 Å². The number of anilines is 2. The summed E-state index contributed by atoms with van der Waals surface area (Å²) in [4.78, 5) is 13.3. The van der Waals surface area contributed by atoms with Gasteiger partial charge in [-0.2, -0.15) is 0 Å². The van der Waals surface area contributed by atoms with Gasteiger partial charge in [-0.25, -0.2) is 9.97 Å². The Kier molecular flexibility index (Phi) is 3.94. The van der Waals surface area contributed by atoms with Crippen LogP contribution in [0.3, 0.4) is 0 Å². The molecule has 1 aliphatic rings. The Hall–Kier alpha value is -1.36. The molecule has 1 aromatic rings. The predicted molar refractivity (Wildman–Crippen MR) is 79.6 cm³/mol. The zero-order valence-corrected chi connectivity index (χ0v) is 12.4. The van der Waals surface area contributed by atoms with Crippen LogP contribution in [0.1, 0.15) is 33.6 Å². The minimum Gasteiger partial charge on any atom is -0.356 e. The third kappa shape index (κ3) is 3.35. The van der Waals surface area contributed by atoms with E-state index >= 15 is 0 Å². The fourth-order valence-corrected chi connectivity index (χ4v) is 2.17. The number of rotatable bonds is 2. The number of nitrogens with zero attached hydrogens (tertiary/aromatic N) is 4. The fraction of sp³-hybridized carbons (Fsp3) is 0.714. The molecule has 0 aromatic carbocycles. The Morgan fingerprint density at radius 1 is 1.26 bits per heavy atom. The highest BCUT2D eigenvalue weighted by atomic mass is 15.2. The molecular formula is C14H25N5. The zero-order chi connectivity index (χ0) is 14.0. The van der Waals surface area contributed by atoms with Crippen molar-refractivity contribution in [2.24, 2.45) is 5.73 Å². The van der Waals surface area contributed by atoms with Crippen LogP contribution in [0, 0.1) is 0 Å². The molecule has 1 saturated heterocycles. The molecule has 1 aliphatic heterocycles. The van der Waals surface area contributed by atoms with Gasteiger partial charge in [-0.05, 0) is 33.6 Å². The normalized spacial score (nSPS) is 17.6. The minimum atomic E-state index is 0.0515. The van der Waals surface area contributed by atoms with E-state index < -0.39 is 0 Å². The molecule has 0 saturated carbocycles. The van der Waals surface area contributed by atoms with Crippen molar-refractivity contribution in [1.82, 2.24) is 9.97 Å². The average molecular weight is 263 g/mol. The summed E-state index contributed by atoms with van der Waals surface area (Å²) in [7, 11) is 2.07. The summed E-state index contributed by atoms with van der Waals surface area (Å²) in [5.41, 5.74) is 5.99. The number of piperidine rings is 1. The largest absolute Gasteiger partial charge is 0.356 e. The Labute approximate surface area is 115 Å². The van der Waals surface area contributed by atoms with Gasteiger partial charge in [-0.15, -0.1) is 0 Å². The summed E-state index contributed by atoms with van der Waals surface area (Å²) in [5.74, 6) is 1.97. The average Bonchev–Trinajstić information content (AvgIpc) is 2.38. The molecule has 0 aliphatic carbocycles. The van der Waals surface area contributed by atoms with Crippen LogP contribution >= 0.6 is 0 Å². The van der Waals surface area contributed by atoms with Gasteiger partial charge in [0, 0.05) is 37.8 Å². The van der Waals surface area contributed by atoms with Gasteiger partial charge >= 0.3 is 0 Å². The van der Waals surface area contributed by atoms with Crippen molar-refractivity contribution in [1.29, 1.82) is 0 Å². The topological polar surface area (TPSA) is 58.3 Å².